The van der Waals surface area contributed by atoms with Crippen LogP contribution < -0.4 is 4.72 Å². The molecule has 0 atom stereocenters. The third kappa shape index (κ3) is 2.76. The van der Waals surface area contributed by atoms with Gasteiger partial charge in [-0.3, -0.25) is 14.8 Å². The fraction of sp³-hybridized carbons (Fsp3) is 0.0769. The van der Waals surface area contributed by atoms with Gasteiger partial charge in [-0.1, -0.05) is 5.16 Å². The van der Waals surface area contributed by atoms with Crippen molar-refractivity contribution in [2.45, 2.75) is 11.8 Å². The molecule has 0 aliphatic heterocycles. The highest BCUT2D eigenvalue weighted by molar-refractivity contribution is 7.92. The van der Waals surface area contributed by atoms with Crippen molar-refractivity contribution in [1.82, 2.24) is 10.1 Å². The Morgan fingerprint density at radius 3 is 2.79 bits per heavy atom. The highest BCUT2D eigenvalue weighted by Gasteiger charge is 2.20. The summed E-state index contributed by atoms with van der Waals surface area (Å²) in [6.07, 6.45) is 1.06. The van der Waals surface area contributed by atoms with E-state index < -0.39 is 26.5 Å². The molecule has 1 aromatic carbocycles. The van der Waals surface area contributed by atoms with Gasteiger partial charge in [0, 0.05) is 6.07 Å². The molecular weight excluding hydrogens is 343 g/mol. The van der Waals surface area contributed by atoms with Gasteiger partial charge in [-0.05, 0) is 25.1 Å². The van der Waals surface area contributed by atoms with Gasteiger partial charge >= 0.3 is 5.69 Å². The Balaban J connectivity index is 1.99. The fourth-order valence-corrected chi connectivity index (χ4v) is 3.02. The molecule has 0 amide bonds. The van der Waals surface area contributed by atoms with E-state index in [1.165, 1.54) is 6.07 Å². The summed E-state index contributed by atoms with van der Waals surface area (Å²) in [7, 11) is -4.08. The van der Waals surface area contributed by atoms with Crippen LogP contribution in [0.2, 0.25) is 0 Å². The number of hydrogen-bond acceptors (Lipinski definition) is 7. The summed E-state index contributed by atoms with van der Waals surface area (Å²) in [6, 6.07) is 4.00. The monoisotopic (exact) mass is 352 g/mol. The van der Waals surface area contributed by atoms with Crippen LogP contribution in [-0.2, 0) is 10.0 Å². The number of aromatic nitrogens is 2. The maximum atomic E-state index is 13.3. The summed E-state index contributed by atoms with van der Waals surface area (Å²) in [6.45, 7) is 1.63. The van der Waals surface area contributed by atoms with E-state index in [9.17, 15) is 22.9 Å². The van der Waals surface area contributed by atoms with Crippen LogP contribution in [0.25, 0.3) is 11.1 Å². The van der Waals surface area contributed by atoms with Crippen molar-refractivity contribution in [3.8, 4) is 0 Å². The number of aryl methyl sites for hydroxylation is 1. The van der Waals surface area contributed by atoms with Gasteiger partial charge in [0.1, 0.15) is 4.90 Å². The largest absolute Gasteiger partial charge is 0.336 e. The molecule has 0 radical (unpaired) electrons. The van der Waals surface area contributed by atoms with E-state index in [0.717, 1.165) is 24.4 Å². The molecule has 0 aliphatic rings. The fourth-order valence-electron chi connectivity index (χ4n) is 2.00. The normalized spacial score (nSPS) is 11.6. The summed E-state index contributed by atoms with van der Waals surface area (Å²) in [4.78, 5) is 13.4. The number of nitrogens with one attached hydrogen (secondary N) is 1. The highest BCUT2D eigenvalue weighted by atomic mass is 32.2. The Labute approximate surface area is 134 Å². The van der Waals surface area contributed by atoms with Crippen LogP contribution in [0.3, 0.4) is 0 Å². The molecule has 0 spiro atoms. The minimum atomic E-state index is -4.08. The summed E-state index contributed by atoms with van der Waals surface area (Å²) >= 11 is 0. The second kappa shape index (κ2) is 5.53. The van der Waals surface area contributed by atoms with Crippen LogP contribution in [0.1, 0.15) is 5.69 Å². The van der Waals surface area contributed by atoms with Gasteiger partial charge in [-0.2, -0.15) is 4.39 Å². The van der Waals surface area contributed by atoms with Gasteiger partial charge in [0.05, 0.1) is 27.9 Å². The van der Waals surface area contributed by atoms with Crippen LogP contribution >= 0.6 is 0 Å². The Kier molecular flexibility index (Phi) is 3.64. The van der Waals surface area contributed by atoms with E-state index in [4.69, 9.17) is 4.52 Å². The number of nitro benzene ring substituents is 1. The van der Waals surface area contributed by atoms with Crippen LogP contribution in [0.4, 0.5) is 15.8 Å². The van der Waals surface area contributed by atoms with Gasteiger partial charge in [0.15, 0.2) is 0 Å². The molecule has 11 heteroatoms. The van der Waals surface area contributed by atoms with Crippen molar-refractivity contribution < 1.29 is 22.3 Å². The zero-order chi connectivity index (χ0) is 17.5. The minimum absolute atomic E-state index is 0.148. The Hall–Kier alpha value is -3.08. The maximum absolute atomic E-state index is 13.3. The number of nitro groups is 1. The lowest BCUT2D eigenvalue weighted by Crippen LogP contribution is -2.13. The van der Waals surface area contributed by atoms with E-state index in [1.54, 1.807) is 6.92 Å². The average Bonchev–Trinajstić information content (AvgIpc) is 2.89. The van der Waals surface area contributed by atoms with Gasteiger partial charge in [-0.15, -0.1) is 0 Å². The van der Waals surface area contributed by atoms with Gasteiger partial charge in [0.2, 0.25) is 5.82 Å². The van der Waals surface area contributed by atoms with Crippen molar-refractivity contribution in [3.63, 3.8) is 0 Å². The lowest BCUT2D eigenvalue weighted by Gasteiger charge is -2.08. The third-order valence-corrected chi connectivity index (χ3v) is 4.54. The molecule has 1 N–H and O–H groups in total. The molecular formula is C13H9FN4O5S. The van der Waals surface area contributed by atoms with E-state index in [-0.39, 0.29) is 16.3 Å². The molecule has 0 saturated heterocycles. The number of hydrogen-bond donors (Lipinski definition) is 1. The first kappa shape index (κ1) is 15.8. The second-order valence-corrected chi connectivity index (χ2v) is 6.50. The first-order chi connectivity index (χ1) is 11.3. The number of rotatable bonds is 4. The topological polar surface area (TPSA) is 128 Å². The van der Waals surface area contributed by atoms with Crippen molar-refractivity contribution in [2.75, 3.05) is 4.72 Å². The van der Waals surface area contributed by atoms with Crippen molar-refractivity contribution in [3.05, 3.63) is 52.1 Å². The second-order valence-electron chi connectivity index (χ2n) is 4.82. The molecule has 3 rings (SSSR count). The minimum Gasteiger partial charge on any atom is -0.336 e. The molecule has 0 saturated carbocycles. The van der Waals surface area contributed by atoms with Crippen LogP contribution in [0.15, 0.2) is 39.9 Å². The van der Waals surface area contributed by atoms with Gasteiger partial charge in [0.25, 0.3) is 15.7 Å². The van der Waals surface area contributed by atoms with Crippen molar-refractivity contribution >= 4 is 32.5 Å². The number of benzene rings is 1. The zero-order valence-electron chi connectivity index (χ0n) is 12.1. The third-order valence-electron chi connectivity index (χ3n) is 3.19. The maximum Gasteiger partial charge on any atom is 0.306 e. The van der Waals surface area contributed by atoms with Crippen LogP contribution in [0, 0.1) is 22.9 Å². The SMILES string of the molecule is Cc1noc2ncc(S(=O)(=O)Nc3ccc(F)c([N+](=O)[O-])c3)cc12. The van der Waals surface area contributed by atoms with Crippen molar-refractivity contribution in [2.24, 2.45) is 0 Å². The number of halogens is 1. The molecule has 2 heterocycles. The summed E-state index contributed by atoms with van der Waals surface area (Å²) in [5.74, 6) is -1.06. The Bertz CT molecular complexity index is 1060. The van der Waals surface area contributed by atoms with E-state index >= 15 is 0 Å². The molecule has 0 unspecified atom stereocenters. The van der Waals surface area contributed by atoms with Crippen LogP contribution in [-0.4, -0.2) is 23.5 Å². The summed E-state index contributed by atoms with van der Waals surface area (Å²) in [5.41, 5.74) is -0.334. The Morgan fingerprint density at radius 2 is 2.08 bits per heavy atom. The molecule has 0 aliphatic carbocycles. The molecule has 2 aromatic heterocycles. The smallest absolute Gasteiger partial charge is 0.306 e. The number of pyridine rings is 1. The molecule has 3 aromatic rings. The lowest BCUT2D eigenvalue weighted by molar-refractivity contribution is -0.387. The van der Waals surface area contributed by atoms with E-state index in [1.807, 2.05) is 0 Å². The number of sulfonamides is 1. The van der Waals surface area contributed by atoms with Gasteiger partial charge in [-0.25, -0.2) is 13.4 Å². The number of anilines is 1. The molecule has 24 heavy (non-hydrogen) atoms. The van der Waals surface area contributed by atoms with Crippen molar-refractivity contribution in [1.29, 1.82) is 0 Å². The van der Waals surface area contributed by atoms with Gasteiger partial charge < -0.3 is 4.52 Å². The van der Waals surface area contributed by atoms with E-state index in [2.05, 4.69) is 14.9 Å². The Morgan fingerprint density at radius 1 is 1.33 bits per heavy atom. The molecule has 9 nitrogen and oxygen atoms in total. The average molecular weight is 352 g/mol. The van der Waals surface area contributed by atoms with Crippen LogP contribution in [0.5, 0.6) is 0 Å². The standard InChI is InChI=1S/C13H9FN4O5S/c1-7-10-5-9(6-15-13(10)23-16-7)24(21,22)17-8-2-3-11(14)12(4-8)18(19)20/h2-6,17H,1H3. The molecule has 0 fully saturated rings. The predicted octanol–water partition coefficient (Wildman–Crippen LogP) is 2.38. The quantitative estimate of drug-likeness (QED) is 0.564. The first-order valence-electron chi connectivity index (χ1n) is 6.47. The predicted molar refractivity (Wildman–Crippen MR) is 80.4 cm³/mol. The number of nitrogens with zero attached hydrogens (tertiary/aromatic N) is 3. The number of fused-ring (bicyclic) bond motifs is 1. The highest BCUT2D eigenvalue weighted by Crippen LogP contribution is 2.25. The molecule has 0 bridgehead atoms. The lowest BCUT2D eigenvalue weighted by atomic mass is 10.3. The molecule has 124 valence electrons. The van der Waals surface area contributed by atoms with E-state index in [0.29, 0.717) is 11.1 Å². The summed E-state index contributed by atoms with van der Waals surface area (Å²) in [5, 5.41) is 14.8. The summed E-state index contributed by atoms with van der Waals surface area (Å²) < 4.78 is 45.1. The first-order valence-corrected chi connectivity index (χ1v) is 7.95. The zero-order valence-corrected chi connectivity index (χ0v) is 12.9.